The van der Waals surface area contributed by atoms with Crippen molar-refractivity contribution in [1.82, 2.24) is 5.32 Å². The van der Waals surface area contributed by atoms with Gasteiger partial charge in [0.2, 0.25) is 6.41 Å². The van der Waals surface area contributed by atoms with Crippen LogP contribution in [0, 0.1) is 5.82 Å². The summed E-state index contributed by atoms with van der Waals surface area (Å²) in [6.45, 7) is 1.21. The first-order valence-corrected chi connectivity index (χ1v) is 11.1. The summed E-state index contributed by atoms with van der Waals surface area (Å²) < 4.78 is 18.4. The lowest BCUT2D eigenvalue weighted by Crippen LogP contribution is -2.33. The Hall–Kier alpha value is -3.95. The molecule has 7 N–H and O–H groups in total. The van der Waals surface area contributed by atoms with Gasteiger partial charge in [0, 0.05) is 0 Å². The summed E-state index contributed by atoms with van der Waals surface area (Å²) in [5, 5.41) is 4.46. The molecule has 0 atom stereocenters. The van der Waals surface area contributed by atoms with Crippen LogP contribution in [0.2, 0.25) is 0 Å². The Kier molecular flexibility index (Phi) is 14.6. The standard InChI is InChI=1S/C17H20FNO.C8H11N3O.CH3NO/c1-19-13-3-2-4-14-5-9-16(10-6-14)20-17-11-7-15(18)8-12-17;9-7-3-1-2-4-8(7)11(10)5-6-12;2-1-3/h5-12,19H,2-4,13H2,1H3;1-4,6H,5,9-10H2;1H,(H2,2,3). The molecule has 0 aliphatic heterocycles. The van der Waals surface area contributed by atoms with E-state index in [1.807, 2.05) is 31.3 Å². The zero-order valence-corrected chi connectivity index (χ0v) is 19.9. The minimum atomic E-state index is -0.255. The normalized spacial score (nSPS) is 9.57. The number of hydrazine groups is 1. The van der Waals surface area contributed by atoms with Crippen LogP contribution in [0.4, 0.5) is 15.8 Å². The van der Waals surface area contributed by atoms with Crippen LogP contribution in [0.15, 0.2) is 72.8 Å². The number of nitrogens with two attached hydrogens (primary N) is 3. The highest BCUT2D eigenvalue weighted by Gasteiger charge is 2.02. The maximum Gasteiger partial charge on any atom is 0.204 e. The van der Waals surface area contributed by atoms with Crippen LogP contribution in [-0.2, 0) is 16.0 Å². The van der Waals surface area contributed by atoms with Gasteiger partial charge in [-0.2, -0.15) is 0 Å². The number of carbonyl (C=O) groups is 2. The maximum absolute atomic E-state index is 12.8. The van der Waals surface area contributed by atoms with Crippen molar-refractivity contribution in [2.24, 2.45) is 11.6 Å². The number of carbonyl (C=O) groups excluding carboxylic acids is 2. The molecular formula is C26H34FN5O3. The lowest BCUT2D eigenvalue weighted by Gasteiger charge is -2.16. The van der Waals surface area contributed by atoms with Crippen molar-refractivity contribution in [2.75, 3.05) is 30.9 Å². The lowest BCUT2D eigenvalue weighted by molar-refractivity contribution is -0.107. The number of amides is 1. The molecule has 0 saturated carbocycles. The molecule has 0 fully saturated rings. The number of halogens is 1. The average Bonchev–Trinajstić information content (AvgIpc) is 2.86. The van der Waals surface area contributed by atoms with Gasteiger partial charge in [-0.05, 0) is 86.9 Å². The number of aryl methyl sites for hydroxylation is 1. The predicted octanol–water partition coefficient (Wildman–Crippen LogP) is 3.41. The van der Waals surface area contributed by atoms with Crippen molar-refractivity contribution in [3.8, 4) is 11.5 Å². The number of anilines is 2. The van der Waals surface area contributed by atoms with Gasteiger partial charge in [-0.3, -0.25) is 4.79 Å². The van der Waals surface area contributed by atoms with Crippen molar-refractivity contribution < 1.29 is 18.7 Å². The van der Waals surface area contributed by atoms with Crippen LogP contribution < -0.4 is 32.4 Å². The first-order chi connectivity index (χ1) is 16.9. The molecule has 0 aliphatic carbocycles. The molecular weight excluding hydrogens is 449 g/mol. The largest absolute Gasteiger partial charge is 0.457 e. The predicted molar refractivity (Wildman–Crippen MR) is 138 cm³/mol. The Morgan fingerprint density at radius 1 is 0.943 bits per heavy atom. The number of primary amides is 1. The van der Waals surface area contributed by atoms with E-state index in [0.29, 0.717) is 17.1 Å². The first kappa shape index (κ1) is 29.1. The number of nitrogens with zero attached hydrogens (tertiary/aromatic N) is 1. The molecule has 3 aromatic carbocycles. The Morgan fingerprint density at radius 2 is 1.51 bits per heavy atom. The molecule has 1 amide bonds. The molecule has 0 aliphatic rings. The monoisotopic (exact) mass is 483 g/mol. The van der Waals surface area contributed by atoms with Gasteiger partial charge < -0.3 is 31.3 Å². The molecule has 0 saturated heterocycles. The summed E-state index contributed by atoms with van der Waals surface area (Å²) in [5.41, 5.74) is 12.3. The van der Waals surface area contributed by atoms with Gasteiger partial charge in [0.15, 0.2) is 0 Å². The fraction of sp³-hybridized carbons (Fsp3) is 0.231. The molecule has 188 valence electrons. The molecule has 0 aromatic heterocycles. The highest BCUT2D eigenvalue weighted by Crippen LogP contribution is 2.22. The number of nitrogens with one attached hydrogen (secondary N) is 1. The van der Waals surface area contributed by atoms with Crippen LogP contribution in [0.5, 0.6) is 11.5 Å². The van der Waals surface area contributed by atoms with Crippen LogP contribution >= 0.6 is 0 Å². The number of rotatable bonds is 10. The number of hydrogen-bond donors (Lipinski definition) is 4. The highest BCUT2D eigenvalue weighted by molar-refractivity contribution is 5.70. The van der Waals surface area contributed by atoms with Gasteiger partial charge in [0.05, 0.1) is 17.9 Å². The minimum absolute atomic E-state index is 0.147. The molecule has 0 bridgehead atoms. The number of benzene rings is 3. The van der Waals surface area contributed by atoms with Gasteiger partial charge >= 0.3 is 0 Å². The third kappa shape index (κ3) is 12.2. The van der Waals surface area contributed by atoms with Gasteiger partial charge in [-0.25, -0.2) is 10.2 Å². The Balaban J connectivity index is 0.000000347. The average molecular weight is 484 g/mol. The van der Waals surface area contributed by atoms with E-state index in [0.717, 1.165) is 25.0 Å². The summed E-state index contributed by atoms with van der Waals surface area (Å²) in [6, 6.07) is 21.2. The molecule has 9 heteroatoms. The number of aldehydes is 1. The fourth-order valence-electron chi connectivity index (χ4n) is 2.92. The van der Waals surface area contributed by atoms with E-state index < -0.39 is 0 Å². The van der Waals surface area contributed by atoms with Gasteiger partial charge in [-0.15, -0.1) is 0 Å². The molecule has 0 unspecified atom stereocenters. The van der Waals surface area contributed by atoms with Crippen LogP contribution in [0.3, 0.4) is 0 Å². The molecule has 0 radical (unpaired) electrons. The molecule has 35 heavy (non-hydrogen) atoms. The minimum Gasteiger partial charge on any atom is -0.457 e. The third-order valence-electron chi connectivity index (χ3n) is 4.63. The van der Waals surface area contributed by atoms with Gasteiger partial charge in [0.1, 0.15) is 23.6 Å². The molecule has 3 aromatic rings. The van der Waals surface area contributed by atoms with E-state index >= 15 is 0 Å². The van der Waals surface area contributed by atoms with E-state index in [-0.39, 0.29) is 18.8 Å². The zero-order valence-electron chi connectivity index (χ0n) is 19.9. The second kappa shape index (κ2) is 17.5. The molecule has 0 heterocycles. The summed E-state index contributed by atoms with van der Waals surface area (Å²) in [5.74, 6) is 6.69. The van der Waals surface area contributed by atoms with Crippen LogP contribution in [0.25, 0.3) is 0 Å². The second-order valence-corrected chi connectivity index (χ2v) is 7.27. The fourth-order valence-corrected chi connectivity index (χ4v) is 2.92. The summed E-state index contributed by atoms with van der Waals surface area (Å²) in [6.07, 6.45) is 4.42. The topological polar surface area (TPSA) is 137 Å². The second-order valence-electron chi connectivity index (χ2n) is 7.27. The quantitative estimate of drug-likeness (QED) is 0.114. The molecule has 0 spiro atoms. The number of hydrogen-bond acceptors (Lipinski definition) is 7. The summed E-state index contributed by atoms with van der Waals surface area (Å²) >= 11 is 0. The Bertz CT molecular complexity index is 985. The number of unbranched alkanes of at least 4 members (excludes halogenated alkanes) is 1. The molecule has 8 nitrogen and oxygen atoms in total. The Labute approximate surface area is 205 Å². The van der Waals surface area contributed by atoms with E-state index in [1.54, 1.807) is 24.3 Å². The maximum atomic E-state index is 12.8. The molecule has 3 rings (SSSR count). The SMILES string of the molecule is CNCCCCc1ccc(Oc2ccc(F)cc2)cc1.NC=O.Nc1ccccc1N(N)CC=O. The summed E-state index contributed by atoms with van der Waals surface area (Å²) in [7, 11) is 1.97. The number of nitrogen functional groups attached to an aromatic ring is 1. The third-order valence-corrected chi connectivity index (χ3v) is 4.63. The highest BCUT2D eigenvalue weighted by atomic mass is 19.1. The smallest absolute Gasteiger partial charge is 0.204 e. The van der Waals surface area contributed by atoms with E-state index in [2.05, 4.69) is 23.2 Å². The van der Waals surface area contributed by atoms with Crippen molar-refractivity contribution >= 4 is 24.1 Å². The van der Waals surface area contributed by atoms with E-state index in [9.17, 15) is 9.18 Å². The lowest BCUT2D eigenvalue weighted by atomic mass is 10.1. The number of para-hydroxylation sites is 2. The van der Waals surface area contributed by atoms with Crippen molar-refractivity contribution in [3.05, 3.63) is 84.2 Å². The number of ether oxygens (including phenoxy) is 1. The van der Waals surface area contributed by atoms with Gasteiger partial charge in [-0.1, -0.05) is 24.3 Å². The van der Waals surface area contributed by atoms with Crippen molar-refractivity contribution in [2.45, 2.75) is 19.3 Å². The zero-order chi connectivity index (χ0) is 25.9. The Morgan fingerprint density at radius 3 is 2.06 bits per heavy atom. The van der Waals surface area contributed by atoms with Crippen LogP contribution in [0.1, 0.15) is 18.4 Å². The van der Waals surface area contributed by atoms with Gasteiger partial charge in [0.25, 0.3) is 0 Å². The van der Waals surface area contributed by atoms with E-state index in [1.165, 1.54) is 35.5 Å². The van der Waals surface area contributed by atoms with E-state index in [4.69, 9.17) is 21.1 Å². The van der Waals surface area contributed by atoms with Crippen LogP contribution in [-0.4, -0.2) is 32.8 Å². The summed E-state index contributed by atoms with van der Waals surface area (Å²) in [4.78, 5) is 18.7. The first-order valence-electron chi connectivity index (χ1n) is 11.1. The van der Waals surface area contributed by atoms with Crippen molar-refractivity contribution in [1.29, 1.82) is 0 Å². The van der Waals surface area contributed by atoms with Crippen molar-refractivity contribution in [3.63, 3.8) is 0 Å².